The second-order valence-corrected chi connectivity index (χ2v) is 4.20. The van der Waals surface area contributed by atoms with Crippen molar-refractivity contribution in [2.45, 2.75) is 6.92 Å². The standard InChI is InChI=1S/C10H9ClINO2/c1-2-15-10(14)6-13-9-5-7(11)3-4-8(9)12/h3-6H,2H2,1H3. The maximum atomic E-state index is 11.0. The number of carbonyl (C=O) groups is 1. The van der Waals surface area contributed by atoms with Gasteiger partial charge in [-0.05, 0) is 47.7 Å². The van der Waals surface area contributed by atoms with Gasteiger partial charge >= 0.3 is 5.97 Å². The van der Waals surface area contributed by atoms with Gasteiger partial charge in [-0.3, -0.25) is 0 Å². The molecule has 0 heterocycles. The molecule has 0 aromatic heterocycles. The summed E-state index contributed by atoms with van der Waals surface area (Å²) in [6.45, 7) is 2.09. The molecular formula is C10H9ClINO2. The Bertz CT molecular complexity index is 393. The van der Waals surface area contributed by atoms with Crippen LogP contribution in [0.5, 0.6) is 0 Å². The summed E-state index contributed by atoms with van der Waals surface area (Å²) in [6, 6.07) is 5.30. The molecule has 0 radical (unpaired) electrons. The van der Waals surface area contributed by atoms with Crippen LogP contribution in [0.4, 0.5) is 5.69 Å². The van der Waals surface area contributed by atoms with E-state index < -0.39 is 5.97 Å². The van der Waals surface area contributed by atoms with Gasteiger partial charge < -0.3 is 4.74 Å². The summed E-state index contributed by atoms with van der Waals surface area (Å²) in [7, 11) is 0. The molecule has 1 aromatic carbocycles. The molecule has 0 fully saturated rings. The van der Waals surface area contributed by atoms with Gasteiger partial charge in [0.2, 0.25) is 0 Å². The largest absolute Gasteiger partial charge is 0.462 e. The highest BCUT2D eigenvalue weighted by Gasteiger charge is 2.00. The predicted octanol–water partition coefficient (Wildman–Crippen LogP) is 3.21. The molecule has 0 amide bonds. The van der Waals surface area contributed by atoms with Crippen LogP contribution in [0, 0.1) is 3.57 Å². The number of aliphatic imine (C=N–C) groups is 1. The molecule has 0 aliphatic heterocycles. The number of hydrogen-bond donors (Lipinski definition) is 0. The van der Waals surface area contributed by atoms with Crippen LogP contribution in [0.3, 0.4) is 0 Å². The van der Waals surface area contributed by atoms with E-state index in [1.165, 1.54) is 0 Å². The van der Waals surface area contributed by atoms with Gasteiger partial charge in [0.25, 0.3) is 0 Å². The van der Waals surface area contributed by atoms with Crippen LogP contribution in [-0.2, 0) is 9.53 Å². The predicted molar refractivity (Wildman–Crippen MR) is 69.0 cm³/mol. The van der Waals surface area contributed by atoms with Crippen LogP contribution in [0.15, 0.2) is 23.2 Å². The lowest BCUT2D eigenvalue weighted by Gasteiger charge is -1.98. The Morgan fingerprint density at radius 1 is 1.67 bits per heavy atom. The molecule has 0 saturated heterocycles. The Kier molecular flexibility index (Phi) is 5.04. The van der Waals surface area contributed by atoms with Crippen LogP contribution < -0.4 is 0 Å². The molecule has 0 aliphatic carbocycles. The molecule has 0 atom stereocenters. The molecule has 3 nitrogen and oxygen atoms in total. The molecule has 0 spiro atoms. The minimum absolute atomic E-state index is 0.345. The first-order valence-corrected chi connectivity index (χ1v) is 5.75. The van der Waals surface area contributed by atoms with Crippen molar-refractivity contribution >= 4 is 52.1 Å². The van der Waals surface area contributed by atoms with Crippen LogP contribution >= 0.6 is 34.2 Å². The fraction of sp³-hybridized carbons (Fsp3) is 0.200. The molecule has 0 bridgehead atoms. The topological polar surface area (TPSA) is 38.7 Å². The molecule has 80 valence electrons. The van der Waals surface area contributed by atoms with E-state index in [4.69, 9.17) is 16.3 Å². The number of esters is 1. The van der Waals surface area contributed by atoms with Crippen molar-refractivity contribution in [1.82, 2.24) is 0 Å². The van der Waals surface area contributed by atoms with Crippen molar-refractivity contribution in [3.05, 3.63) is 26.8 Å². The summed E-state index contributed by atoms with van der Waals surface area (Å²) in [4.78, 5) is 15.0. The van der Waals surface area contributed by atoms with E-state index in [9.17, 15) is 4.79 Å². The summed E-state index contributed by atoms with van der Waals surface area (Å²) in [5, 5.41) is 0.589. The Morgan fingerprint density at radius 3 is 3.07 bits per heavy atom. The van der Waals surface area contributed by atoms with E-state index in [0.29, 0.717) is 17.3 Å². The maximum absolute atomic E-state index is 11.0. The van der Waals surface area contributed by atoms with Gasteiger partial charge in [-0.2, -0.15) is 0 Å². The SMILES string of the molecule is CCOC(=O)C=Nc1cc(Cl)ccc1I. The molecule has 0 aliphatic rings. The average molecular weight is 338 g/mol. The quantitative estimate of drug-likeness (QED) is 0.483. The van der Waals surface area contributed by atoms with Crippen LogP contribution in [0.25, 0.3) is 0 Å². The van der Waals surface area contributed by atoms with E-state index in [0.717, 1.165) is 9.78 Å². The van der Waals surface area contributed by atoms with Gasteiger partial charge in [0.15, 0.2) is 0 Å². The number of hydrogen-bond acceptors (Lipinski definition) is 3. The number of carbonyl (C=O) groups excluding carboxylic acids is 1. The van der Waals surface area contributed by atoms with Crippen LogP contribution in [-0.4, -0.2) is 18.8 Å². The average Bonchev–Trinajstić information content (AvgIpc) is 2.20. The van der Waals surface area contributed by atoms with Gasteiger partial charge in [0, 0.05) is 8.59 Å². The third-order valence-corrected chi connectivity index (χ3v) is 2.65. The van der Waals surface area contributed by atoms with Gasteiger partial charge in [-0.15, -0.1) is 0 Å². The number of rotatable bonds is 3. The first-order valence-electron chi connectivity index (χ1n) is 4.29. The van der Waals surface area contributed by atoms with Gasteiger partial charge in [0.1, 0.15) is 6.21 Å². The van der Waals surface area contributed by atoms with E-state index in [1.807, 2.05) is 6.07 Å². The second kappa shape index (κ2) is 6.07. The molecular weight excluding hydrogens is 328 g/mol. The van der Waals surface area contributed by atoms with E-state index in [-0.39, 0.29) is 0 Å². The van der Waals surface area contributed by atoms with Crippen molar-refractivity contribution in [3.8, 4) is 0 Å². The normalized spacial score (nSPS) is 10.6. The lowest BCUT2D eigenvalue weighted by atomic mass is 10.3. The molecule has 5 heteroatoms. The molecule has 0 unspecified atom stereocenters. The third-order valence-electron chi connectivity index (χ3n) is 1.50. The van der Waals surface area contributed by atoms with Gasteiger partial charge in [-0.25, -0.2) is 9.79 Å². The lowest BCUT2D eigenvalue weighted by molar-refractivity contribution is -0.134. The molecule has 0 N–H and O–H groups in total. The summed E-state index contributed by atoms with van der Waals surface area (Å²) < 4.78 is 5.64. The fourth-order valence-electron chi connectivity index (χ4n) is 0.887. The summed E-state index contributed by atoms with van der Waals surface area (Å²) in [5.41, 5.74) is 0.663. The zero-order valence-corrected chi connectivity index (χ0v) is 10.9. The van der Waals surface area contributed by atoms with E-state index in [2.05, 4.69) is 27.6 Å². The minimum Gasteiger partial charge on any atom is -0.462 e. The summed E-state index contributed by atoms with van der Waals surface area (Å²) >= 11 is 7.92. The molecule has 1 rings (SSSR count). The van der Waals surface area contributed by atoms with Crippen molar-refractivity contribution in [2.24, 2.45) is 4.99 Å². The maximum Gasteiger partial charge on any atom is 0.349 e. The molecule has 0 saturated carbocycles. The van der Waals surface area contributed by atoms with Crippen molar-refractivity contribution in [1.29, 1.82) is 0 Å². The van der Waals surface area contributed by atoms with E-state index in [1.54, 1.807) is 19.1 Å². The van der Waals surface area contributed by atoms with Crippen molar-refractivity contribution < 1.29 is 9.53 Å². The Labute approximate surface area is 107 Å². The third kappa shape index (κ3) is 4.17. The zero-order valence-electron chi connectivity index (χ0n) is 8.04. The molecule has 15 heavy (non-hydrogen) atoms. The molecule has 1 aromatic rings. The Balaban J connectivity index is 2.79. The van der Waals surface area contributed by atoms with Crippen LogP contribution in [0.2, 0.25) is 5.02 Å². The minimum atomic E-state index is -0.451. The van der Waals surface area contributed by atoms with Gasteiger partial charge in [-0.1, -0.05) is 11.6 Å². The zero-order chi connectivity index (χ0) is 11.3. The first kappa shape index (κ1) is 12.4. The lowest BCUT2D eigenvalue weighted by Crippen LogP contribution is -2.04. The van der Waals surface area contributed by atoms with Crippen molar-refractivity contribution in [3.63, 3.8) is 0 Å². The number of benzene rings is 1. The highest BCUT2D eigenvalue weighted by Crippen LogP contribution is 2.24. The van der Waals surface area contributed by atoms with E-state index >= 15 is 0 Å². The summed E-state index contributed by atoms with van der Waals surface area (Å²) in [6.07, 6.45) is 1.15. The fourth-order valence-corrected chi connectivity index (χ4v) is 1.53. The second-order valence-electron chi connectivity index (χ2n) is 2.61. The summed E-state index contributed by atoms with van der Waals surface area (Å²) in [5.74, 6) is -0.451. The monoisotopic (exact) mass is 337 g/mol. The van der Waals surface area contributed by atoms with Crippen LogP contribution in [0.1, 0.15) is 6.92 Å². The number of halogens is 2. The smallest absolute Gasteiger partial charge is 0.349 e. The highest BCUT2D eigenvalue weighted by molar-refractivity contribution is 14.1. The van der Waals surface area contributed by atoms with Crippen molar-refractivity contribution in [2.75, 3.05) is 6.61 Å². The Morgan fingerprint density at radius 2 is 2.40 bits per heavy atom. The first-order chi connectivity index (χ1) is 7.13. The van der Waals surface area contributed by atoms with Gasteiger partial charge in [0.05, 0.1) is 12.3 Å². The highest BCUT2D eigenvalue weighted by atomic mass is 127. The number of ether oxygens (including phenoxy) is 1. The number of nitrogens with zero attached hydrogens (tertiary/aromatic N) is 1. The Hall–Kier alpha value is -0.620.